The molecular formula is C14H23ClN2O2S. The first-order valence-electron chi connectivity index (χ1n) is 6.91. The number of sulfonamides is 1. The number of aryl methyl sites for hydroxylation is 1. The zero-order valence-corrected chi connectivity index (χ0v) is 13.4. The summed E-state index contributed by atoms with van der Waals surface area (Å²) >= 11 is 0. The van der Waals surface area contributed by atoms with E-state index in [1.54, 1.807) is 12.1 Å². The van der Waals surface area contributed by atoms with E-state index in [1.165, 1.54) is 0 Å². The van der Waals surface area contributed by atoms with Gasteiger partial charge in [-0.2, -0.15) is 0 Å². The third kappa shape index (κ3) is 4.74. The van der Waals surface area contributed by atoms with E-state index in [0.29, 0.717) is 17.4 Å². The maximum Gasteiger partial charge on any atom is 0.240 e. The molecule has 1 atom stereocenters. The van der Waals surface area contributed by atoms with Crippen LogP contribution in [0.4, 0.5) is 0 Å². The van der Waals surface area contributed by atoms with Crippen molar-refractivity contribution in [3.63, 3.8) is 0 Å². The first-order valence-corrected chi connectivity index (χ1v) is 8.39. The molecule has 0 saturated carbocycles. The van der Waals surface area contributed by atoms with Gasteiger partial charge in [-0.15, -0.1) is 12.4 Å². The first-order chi connectivity index (χ1) is 9.12. The summed E-state index contributed by atoms with van der Waals surface area (Å²) in [5.41, 5.74) is 1.15. The van der Waals surface area contributed by atoms with E-state index < -0.39 is 10.0 Å². The Morgan fingerprint density at radius 2 is 2.00 bits per heavy atom. The van der Waals surface area contributed by atoms with Gasteiger partial charge in [0, 0.05) is 6.54 Å². The molecular weight excluding hydrogens is 296 g/mol. The largest absolute Gasteiger partial charge is 0.316 e. The summed E-state index contributed by atoms with van der Waals surface area (Å²) < 4.78 is 27.0. The van der Waals surface area contributed by atoms with Gasteiger partial charge in [-0.1, -0.05) is 19.1 Å². The maximum absolute atomic E-state index is 12.1. The van der Waals surface area contributed by atoms with Crippen molar-refractivity contribution in [2.75, 3.05) is 19.6 Å². The fourth-order valence-electron chi connectivity index (χ4n) is 2.31. The van der Waals surface area contributed by atoms with Crippen LogP contribution in [0, 0.1) is 5.92 Å². The lowest BCUT2D eigenvalue weighted by molar-refractivity contribution is 0.376. The van der Waals surface area contributed by atoms with Crippen LogP contribution >= 0.6 is 12.4 Å². The SMILES string of the molecule is CCc1ccc(S(=O)(=O)NCC2CCCNC2)cc1.Cl. The van der Waals surface area contributed by atoms with Gasteiger partial charge in [0.2, 0.25) is 10.0 Å². The molecule has 0 aromatic heterocycles. The van der Waals surface area contributed by atoms with Crippen LogP contribution < -0.4 is 10.0 Å². The normalized spacial score (nSPS) is 19.4. The van der Waals surface area contributed by atoms with Crippen LogP contribution in [0.2, 0.25) is 0 Å². The number of benzene rings is 1. The molecule has 2 N–H and O–H groups in total. The summed E-state index contributed by atoms with van der Waals surface area (Å²) in [7, 11) is -3.36. The van der Waals surface area contributed by atoms with Crippen LogP contribution in [-0.2, 0) is 16.4 Å². The van der Waals surface area contributed by atoms with Crippen molar-refractivity contribution in [1.29, 1.82) is 0 Å². The number of hydrogen-bond acceptors (Lipinski definition) is 3. The lowest BCUT2D eigenvalue weighted by Crippen LogP contribution is -2.38. The zero-order valence-electron chi connectivity index (χ0n) is 11.8. The number of nitrogens with one attached hydrogen (secondary N) is 2. The quantitative estimate of drug-likeness (QED) is 0.872. The summed E-state index contributed by atoms with van der Waals surface area (Å²) in [5.74, 6) is 0.401. The Morgan fingerprint density at radius 3 is 2.55 bits per heavy atom. The average molecular weight is 319 g/mol. The molecule has 0 radical (unpaired) electrons. The molecule has 0 spiro atoms. The standard InChI is InChI=1S/C14H22N2O2S.ClH/c1-2-12-5-7-14(8-6-12)19(17,18)16-11-13-4-3-9-15-10-13;/h5-8,13,15-16H,2-4,9-11H2,1H3;1H. The van der Waals surface area contributed by atoms with Crippen LogP contribution in [0.5, 0.6) is 0 Å². The molecule has 114 valence electrons. The van der Waals surface area contributed by atoms with E-state index in [0.717, 1.165) is 37.9 Å². The highest BCUT2D eigenvalue weighted by molar-refractivity contribution is 7.89. The van der Waals surface area contributed by atoms with Crippen molar-refractivity contribution in [3.05, 3.63) is 29.8 Å². The molecule has 1 aromatic rings. The summed E-state index contributed by atoms with van der Waals surface area (Å²) in [6.45, 7) is 4.52. The molecule has 1 heterocycles. The van der Waals surface area contributed by atoms with Crippen molar-refractivity contribution >= 4 is 22.4 Å². The molecule has 0 aliphatic carbocycles. The molecule has 1 unspecified atom stereocenters. The molecule has 6 heteroatoms. The minimum absolute atomic E-state index is 0. The van der Waals surface area contributed by atoms with Gasteiger partial charge in [0.05, 0.1) is 4.90 Å². The number of rotatable bonds is 5. The fourth-order valence-corrected chi connectivity index (χ4v) is 3.43. The summed E-state index contributed by atoms with van der Waals surface area (Å²) in [6, 6.07) is 7.11. The highest BCUT2D eigenvalue weighted by Gasteiger charge is 2.18. The van der Waals surface area contributed by atoms with E-state index in [4.69, 9.17) is 0 Å². The predicted octanol–water partition coefficient (Wildman–Crippen LogP) is 1.95. The minimum atomic E-state index is -3.36. The van der Waals surface area contributed by atoms with Crippen molar-refractivity contribution in [2.24, 2.45) is 5.92 Å². The molecule has 1 aliphatic rings. The second-order valence-corrected chi connectivity index (χ2v) is 6.83. The lowest BCUT2D eigenvalue weighted by Gasteiger charge is -2.22. The van der Waals surface area contributed by atoms with Crippen LogP contribution in [0.3, 0.4) is 0 Å². The van der Waals surface area contributed by atoms with E-state index in [1.807, 2.05) is 12.1 Å². The molecule has 1 aliphatic heterocycles. The van der Waals surface area contributed by atoms with Crippen molar-refractivity contribution in [1.82, 2.24) is 10.0 Å². The predicted molar refractivity (Wildman–Crippen MR) is 83.9 cm³/mol. The fraction of sp³-hybridized carbons (Fsp3) is 0.571. The number of piperidine rings is 1. The van der Waals surface area contributed by atoms with E-state index >= 15 is 0 Å². The van der Waals surface area contributed by atoms with Gasteiger partial charge in [-0.25, -0.2) is 13.1 Å². The van der Waals surface area contributed by atoms with Gasteiger partial charge >= 0.3 is 0 Å². The van der Waals surface area contributed by atoms with Gasteiger partial charge in [0.1, 0.15) is 0 Å². The molecule has 1 saturated heterocycles. The highest BCUT2D eigenvalue weighted by Crippen LogP contribution is 2.13. The summed E-state index contributed by atoms with van der Waals surface area (Å²) in [5, 5.41) is 3.29. The average Bonchev–Trinajstić information content (AvgIpc) is 2.46. The van der Waals surface area contributed by atoms with Gasteiger partial charge in [0.25, 0.3) is 0 Å². The Bertz CT molecular complexity index is 496. The zero-order chi connectivity index (χ0) is 13.7. The topological polar surface area (TPSA) is 58.2 Å². The second kappa shape index (κ2) is 7.98. The smallest absolute Gasteiger partial charge is 0.240 e. The Hall–Kier alpha value is -0.620. The Labute approximate surface area is 127 Å². The molecule has 1 aromatic carbocycles. The van der Waals surface area contributed by atoms with Gasteiger partial charge in [0.15, 0.2) is 0 Å². The molecule has 1 fully saturated rings. The molecule has 4 nitrogen and oxygen atoms in total. The Balaban J connectivity index is 0.00000200. The van der Waals surface area contributed by atoms with E-state index in [9.17, 15) is 8.42 Å². The van der Waals surface area contributed by atoms with Crippen LogP contribution in [-0.4, -0.2) is 28.1 Å². The van der Waals surface area contributed by atoms with Gasteiger partial charge < -0.3 is 5.32 Å². The number of hydrogen-bond donors (Lipinski definition) is 2. The summed E-state index contributed by atoms with van der Waals surface area (Å²) in [4.78, 5) is 0.355. The van der Waals surface area contributed by atoms with E-state index in [-0.39, 0.29) is 12.4 Å². The molecule has 0 bridgehead atoms. The van der Waals surface area contributed by atoms with E-state index in [2.05, 4.69) is 17.0 Å². The van der Waals surface area contributed by atoms with Crippen molar-refractivity contribution in [3.8, 4) is 0 Å². The third-order valence-corrected chi connectivity index (χ3v) is 5.04. The lowest BCUT2D eigenvalue weighted by atomic mass is 10.0. The van der Waals surface area contributed by atoms with Crippen molar-refractivity contribution < 1.29 is 8.42 Å². The van der Waals surface area contributed by atoms with Crippen LogP contribution in [0.25, 0.3) is 0 Å². The van der Waals surface area contributed by atoms with Gasteiger partial charge in [-0.3, -0.25) is 0 Å². The Kier molecular flexibility index (Phi) is 6.95. The molecule has 0 amide bonds. The van der Waals surface area contributed by atoms with Crippen molar-refractivity contribution in [2.45, 2.75) is 31.1 Å². The van der Waals surface area contributed by atoms with Gasteiger partial charge in [-0.05, 0) is 56.0 Å². The summed E-state index contributed by atoms with van der Waals surface area (Å²) in [6.07, 6.45) is 3.13. The molecule has 2 rings (SSSR count). The maximum atomic E-state index is 12.1. The molecule has 20 heavy (non-hydrogen) atoms. The Morgan fingerprint density at radius 1 is 1.30 bits per heavy atom. The number of halogens is 1. The van der Waals surface area contributed by atoms with Crippen LogP contribution in [0.1, 0.15) is 25.3 Å². The monoisotopic (exact) mass is 318 g/mol. The second-order valence-electron chi connectivity index (χ2n) is 5.06. The minimum Gasteiger partial charge on any atom is -0.316 e. The first kappa shape index (κ1) is 17.4. The highest BCUT2D eigenvalue weighted by atomic mass is 35.5. The third-order valence-electron chi connectivity index (χ3n) is 3.60. The van der Waals surface area contributed by atoms with Crippen LogP contribution in [0.15, 0.2) is 29.2 Å².